The molecule has 2 N–H and O–H groups in total. The third kappa shape index (κ3) is 3.91. The van der Waals surface area contributed by atoms with E-state index in [0.717, 1.165) is 18.7 Å². The van der Waals surface area contributed by atoms with Gasteiger partial charge in [-0.1, -0.05) is 12.7 Å². The van der Waals surface area contributed by atoms with Gasteiger partial charge in [-0.05, 0) is 49.3 Å². The summed E-state index contributed by atoms with van der Waals surface area (Å²) in [6.07, 6.45) is 4.00. The van der Waals surface area contributed by atoms with E-state index in [1.807, 2.05) is 4.57 Å². The number of nitrogens with one attached hydrogen (secondary N) is 2. The SMILES string of the molecule is C=CCOc1ccc(C(=O)NCCn2c(C3CC3)n[nH]c2=S)cc1. The highest BCUT2D eigenvalue weighted by molar-refractivity contribution is 7.71. The van der Waals surface area contributed by atoms with E-state index in [1.165, 1.54) is 0 Å². The van der Waals surface area contributed by atoms with Gasteiger partial charge < -0.3 is 14.6 Å². The lowest BCUT2D eigenvalue weighted by molar-refractivity contribution is 0.0952. The predicted octanol–water partition coefficient (Wildman–Crippen LogP) is 2.81. The van der Waals surface area contributed by atoms with E-state index in [-0.39, 0.29) is 5.91 Å². The average Bonchev–Trinajstić information content (AvgIpc) is 3.38. The number of aromatic amines is 1. The van der Waals surface area contributed by atoms with E-state index in [4.69, 9.17) is 17.0 Å². The zero-order valence-electron chi connectivity index (χ0n) is 13.3. The lowest BCUT2D eigenvalue weighted by atomic mass is 10.2. The van der Waals surface area contributed by atoms with Crippen molar-refractivity contribution in [3.05, 3.63) is 53.1 Å². The van der Waals surface area contributed by atoms with Crippen LogP contribution in [0.25, 0.3) is 0 Å². The van der Waals surface area contributed by atoms with Crippen LogP contribution in [0.4, 0.5) is 0 Å². The Bertz CT molecular complexity index is 775. The fourth-order valence-corrected chi connectivity index (χ4v) is 2.67. The Hall–Kier alpha value is -2.41. The molecule has 6 nitrogen and oxygen atoms in total. The minimum atomic E-state index is -0.117. The smallest absolute Gasteiger partial charge is 0.251 e. The molecule has 1 saturated carbocycles. The van der Waals surface area contributed by atoms with Gasteiger partial charge in [-0.2, -0.15) is 5.10 Å². The van der Waals surface area contributed by atoms with Gasteiger partial charge in [0.25, 0.3) is 5.91 Å². The van der Waals surface area contributed by atoms with E-state index < -0.39 is 0 Å². The molecule has 126 valence electrons. The third-order valence-corrected chi connectivity index (χ3v) is 4.15. The van der Waals surface area contributed by atoms with Gasteiger partial charge >= 0.3 is 0 Å². The molecule has 3 rings (SSSR count). The first-order chi connectivity index (χ1) is 11.7. The summed E-state index contributed by atoms with van der Waals surface area (Å²) in [5, 5.41) is 10.0. The Kier molecular flexibility index (Phi) is 5.10. The highest BCUT2D eigenvalue weighted by Gasteiger charge is 2.28. The molecule has 7 heteroatoms. The lowest BCUT2D eigenvalue weighted by Gasteiger charge is -2.09. The van der Waals surface area contributed by atoms with Crippen LogP contribution in [0.2, 0.25) is 0 Å². The van der Waals surface area contributed by atoms with Crippen molar-refractivity contribution in [3.8, 4) is 5.75 Å². The fourth-order valence-electron chi connectivity index (χ4n) is 2.44. The number of H-pyrrole nitrogens is 1. The maximum Gasteiger partial charge on any atom is 0.251 e. The first-order valence-corrected chi connectivity index (χ1v) is 8.37. The van der Waals surface area contributed by atoms with Crippen molar-refractivity contribution in [3.63, 3.8) is 0 Å². The maximum atomic E-state index is 12.2. The van der Waals surface area contributed by atoms with Gasteiger partial charge in [-0.3, -0.25) is 9.89 Å². The predicted molar refractivity (Wildman–Crippen MR) is 93.9 cm³/mol. The van der Waals surface area contributed by atoms with Crippen molar-refractivity contribution >= 4 is 18.1 Å². The Balaban J connectivity index is 1.53. The summed E-state index contributed by atoms with van der Waals surface area (Å²) >= 11 is 5.25. The number of hydrogen-bond donors (Lipinski definition) is 2. The van der Waals surface area contributed by atoms with E-state index in [0.29, 0.717) is 41.7 Å². The highest BCUT2D eigenvalue weighted by atomic mass is 32.1. The number of aromatic nitrogens is 3. The summed E-state index contributed by atoms with van der Waals surface area (Å²) in [5.74, 6) is 2.10. The van der Waals surface area contributed by atoms with Gasteiger partial charge in [0.05, 0.1) is 0 Å². The van der Waals surface area contributed by atoms with Crippen LogP contribution in [-0.2, 0) is 6.54 Å². The van der Waals surface area contributed by atoms with Crippen molar-refractivity contribution in [2.75, 3.05) is 13.2 Å². The Morgan fingerprint density at radius 2 is 2.21 bits per heavy atom. The number of carbonyl (C=O) groups is 1. The number of carbonyl (C=O) groups excluding carboxylic acids is 1. The monoisotopic (exact) mass is 344 g/mol. The summed E-state index contributed by atoms with van der Waals surface area (Å²) in [5.41, 5.74) is 0.596. The minimum absolute atomic E-state index is 0.117. The molecule has 1 aliphatic carbocycles. The van der Waals surface area contributed by atoms with Crippen LogP contribution in [0.5, 0.6) is 5.75 Å². The summed E-state index contributed by atoms with van der Waals surface area (Å²) in [4.78, 5) is 12.2. The second-order valence-corrected chi connectivity index (χ2v) is 6.08. The molecule has 0 atom stereocenters. The van der Waals surface area contributed by atoms with Crippen LogP contribution in [0.15, 0.2) is 36.9 Å². The number of rotatable bonds is 8. The lowest BCUT2D eigenvalue weighted by Crippen LogP contribution is -2.27. The molecule has 1 aliphatic rings. The molecular formula is C17H20N4O2S. The van der Waals surface area contributed by atoms with Gasteiger partial charge in [0.15, 0.2) is 4.77 Å². The summed E-state index contributed by atoms with van der Waals surface area (Å²) < 4.78 is 7.98. The van der Waals surface area contributed by atoms with Crippen LogP contribution in [0.1, 0.15) is 34.9 Å². The Morgan fingerprint density at radius 1 is 1.46 bits per heavy atom. The van der Waals surface area contributed by atoms with E-state index in [9.17, 15) is 4.79 Å². The van der Waals surface area contributed by atoms with Crippen LogP contribution in [0.3, 0.4) is 0 Å². The molecule has 0 unspecified atom stereocenters. The zero-order valence-corrected chi connectivity index (χ0v) is 14.1. The molecular weight excluding hydrogens is 324 g/mol. The molecule has 0 bridgehead atoms. The molecule has 1 heterocycles. The standard InChI is InChI=1S/C17H20N4O2S/c1-2-11-23-14-7-5-13(6-8-14)16(22)18-9-10-21-15(12-3-4-12)19-20-17(21)24/h2,5-8,12H,1,3-4,9-11H2,(H,18,22)(H,20,24). The van der Waals surface area contributed by atoms with Gasteiger partial charge in [-0.15, -0.1) is 0 Å². The topological polar surface area (TPSA) is 71.9 Å². The van der Waals surface area contributed by atoms with Gasteiger partial charge in [0.2, 0.25) is 0 Å². The van der Waals surface area contributed by atoms with Crippen molar-refractivity contribution in [2.24, 2.45) is 0 Å². The number of benzene rings is 1. The van der Waals surface area contributed by atoms with E-state index >= 15 is 0 Å². The highest BCUT2D eigenvalue weighted by Crippen LogP contribution is 2.38. The summed E-state index contributed by atoms with van der Waals surface area (Å²) in [7, 11) is 0. The minimum Gasteiger partial charge on any atom is -0.490 e. The summed E-state index contributed by atoms with van der Waals surface area (Å²) in [6, 6.07) is 7.03. The van der Waals surface area contributed by atoms with Crippen LogP contribution < -0.4 is 10.1 Å². The van der Waals surface area contributed by atoms with Gasteiger partial charge in [0, 0.05) is 24.6 Å². The van der Waals surface area contributed by atoms with Crippen LogP contribution in [0, 0.1) is 4.77 Å². The van der Waals surface area contributed by atoms with Crippen LogP contribution in [-0.4, -0.2) is 33.8 Å². The molecule has 0 aliphatic heterocycles. The van der Waals surface area contributed by atoms with Crippen LogP contribution >= 0.6 is 12.2 Å². The maximum absolute atomic E-state index is 12.2. The van der Waals surface area contributed by atoms with E-state index in [2.05, 4.69) is 22.1 Å². The second kappa shape index (κ2) is 7.44. The van der Waals surface area contributed by atoms with Gasteiger partial charge in [-0.25, -0.2) is 0 Å². The quantitative estimate of drug-likeness (QED) is 0.570. The van der Waals surface area contributed by atoms with Gasteiger partial charge in [0.1, 0.15) is 18.2 Å². The molecule has 0 spiro atoms. The first kappa shape index (κ1) is 16.4. The number of hydrogen-bond acceptors (Lipinski definition) is 4. The first-order valence-electron chi connectivity index (χ1n) is 7.96. The Morgan fingerprint density at radius 3 is 2.88 bits per heavy atom. The molecule has 24 heavy (non-hydrogen) atoms. The number of amides is 1. The molecule has 1 amide bonds. The average molecular weight is 344 g/mol. The van der Waals surface area contributed by atoms with Crippen molar-refractivity contribution in [2.45, 2.75) is 25.3 Å². The normalized spacial score (nSPS) is 13.5. The Labute approximate surface area is 145 Å². The van der Waals surface area contributed by atoms with E-state index in [1.54, 1.807) is 30.3 Å². The zero-order chi connectivity index (χ0) is 16.9. The fraction of sp³-hybridized carbons (Fsp3) is 0.353. The third-order valence-electron chi connectivity index (χ3n) is 3.84. The molecule has 1 fully saturated rings. The molecule has 0 saturated heterocycles. The molecule has 0 radical (unpaired) electrons. The number of ether oxygens (including phenoxy) is 1. The van der Waals surface area contributed by atoms with Crippen molar-refractivity contribution < 1.29 is 9.53 Å². The molecule has 2 aromatic rings. The number of nitrogens with zero attached hydrogens (tertiary/aromatic N) is 2. The van der Waals surface area contributed by atoms with Crippen molar-refractivity contribution in [1.82, 2.24) is 20.1 Å². The summed E-state index contributed by atoms with van der Waals surface area (Å²) in [6.45, 7) is 5.16. The van der Waals surface area contributed by atoms with Crippen molar-refractivity contribution in [1.29, 1.82) is 0 Å². The molecule has 1 aromatic carbocycles. The largest absolute Gasteiger partial charge is 0.490 e. The second-order valence-electron chi connectivity index (χ2n) is 5.69. The molecule has 1 aromatic heterocycles.